The van der Waals surface area contributed by atoms with Crippen LogP contribution >= 0.6 is 0 Å². The number of aryl methyl sites for hydroxylation is 1. The summed E-state index contributed by atoms with van der Waals surface area (Å²) in [7, 11) is 3.20. The van der Waals surface area contributed by atoms with E-state index in [0.717, 1.165) is 11.1 Å². The van der Waals surface area contributed by atoms with Crippen LogP contribution in [0.2, 0.25) is 0 Å². The van der Waals surface area contributed by atoms with Gasteiger partial charge in [0.1, 0.15) is 0 Å². The van der Waals surface area contributed by atoms with Crippen LogP contribution in [0.25, 0.3) is 11.5 Å². The first-order chi connectivity index (χ1) is 14.5. The van der Waals surface area contributed by atoms with Gasteiger partial charge in [-0.2, -0.15) is 4.98 Å². The quantitative estimate of drug-likeness (QED) is 0.611. The van der Waals surface area contributed by atoms with Crippen LogP contribution in [0.4, 0.5) is 0 Å². The summed E-state index contributed by atoms with van der Waals surface area (Å²) in [5.41, 5.74) is 3.02. The molecule has 1 fully saturated rings. The first kappa shape index (κ1) is 19.9. The standard InChI is InChI=1S/C23H25N3O4/c1-14-5-7-16(8-6-14)23-24-22(25-30-23)18-12-21(27)26(13-18)15(2)17-9-10-19(28-3)20(11-17)29-4/h5-11,15,18H,12-13H2,1-4H3. The average Bonchev–Trinajstić information content (AvgIpc) is 3.40. The van der Waals surface area contributed by atoms with E-state index in [1.807, 2.05) is 61.2 Å². The topological polar surface area (TPSA) is 77.7 Å². The van der Waals surface area contributed by atoms with Crippen LogP contribution in [0.1, 0.15) is 42.3 Å². The lowest BCUT2D eigenvalue weighted by Gasteiger charge is -2.25. The molecule has 0 N–H and O–H groups in total. The van der Waals surface area contributed by atoms with Gasteiger partial charge in [0.2, 0.25) is 5.91 Å². The molecule has 0 spiro atoms. The molecule has 4 rings (SSSR count). The van der Waals surface area contributed by atoms with Gasteiger partial charge in [0.25, 0.3) is 5.89 Å². The minimum atomic E-state index is -0.106. The number of nitrogens with zero attached hydrogens (tertiary/aromatic N) is 3. The number of hydrogen-bond acceptors (Lipinski definition) is 6. The Morgan fingerprint density at radius 3 is 2.53 bits per heavy atom. The van der Waals surface area contributed by atoms with E-state index in [1.54, 1.807) is 14.2 Å². The Labute approximate surface area is 175 Å². The van der Waals surface area contributed by atoms with Crippen molar-refractivity contribution in [3.05, 3.63) is 59.4 Å². The summed E-state index contributed by atoms with van der Waals surface area (Å²) < 4.78 is 16.2. The average molecular weight is 407 g/mol. The van der Waals surface area contributed by atoms with E-state index in [4.69, 9.17) is 14.0 Å². The van der Waals surface area contributed by atoms with Crippen molar-refractivity contribution in [3.8, 4) is 23.0 Å². The van der Waals surface area contributed by atoms with Gasteiger partial charge in [0.15, 0.2) is 17.3 Å². The highest BCUT2D eigenvalue weighted by molar-refractivity contribution is 5.80. The van der Waals surface area contributed by atoms with Crippen LogP contribution < -0.4 is 9.47 Å². The highest BCUT2D eigenvalue weighted by Gasteiger charge is 2.36. The summed E-state index contributed by atoms with van der Waals surface area (Å²) in [5, 5.41) is 4.15. The highest BCUT2D eigenvalue weighted by atomic mass is 16.5. The molecule has 1 aromatic heterocycles. The van der Waals surface area contributed by atoms with Crippen LogP contribution in [0.15, 0.2) is 47.0 Å². The lowest BCUT2D eigenvalue weighted by molar-refractivity contribution is -0.129. The van der Waals surface area contributed by atoms with E-state index in [0.29, 0.717) is 36.2 Å². The Kier molecular flexibility index (Phi) is 5.44. The lowest BCUT2D eigenvalue weighted by atomic mass is 10.1. The molecule has 2 aromatic carbocycles. The zero-order chi connectivity index (χ0) is 21.3. The van der Waals surface area contributed by atoms with Crippen molar-refractivity contribution >= 4 is 5.91 Å². The molecule has 2 unspecified atom stereocenters. The van der Waals surface area contributed by atoms with Gasteiger partial charge in [-0.3, -0.25) is 4.79 Å². The zero-order valence-corrected chi connectivity index (χ0v) is 17.6. The summed E-state index contributed by atoms with van der Waals surface area (Å²) in [6, 6.07) is 13.5. The Balaban J connectivity index is 1.51. The monoisotopic (exact) mass is 407 g/mol. The maximum atomic E-state index is 12.7. The molecule has 1 aliphatic heterocycles. The van der Waals surface area contributed by atoms with Crippen molar-refractivity contribution in [2.75, 3.05) is 20.8 Å². The Morgan fingerprint density at radius 2 is 1.83 bits per heavy atom. The predicted molar refractivity (Wildman–Crippen MR) is 112 cm³/mol. The van der Waals surface area contributed by atoms with Crippen LogP contribution in [-0.4, -0.2) is 41.7 Å². The minimum absolute atomic E-state index is 0.0731. The lowest BCUT2D eigenvalue weighted by Crippen LogP contribution is -2.28. The van der Waals surface area contributed by atoms with Crippen molar-refractivity contribution in [3.63, 3.8) is 0 Å². The maximum absolute atomic E-state index is 12.7. The van der Waals surface area contributed by atoms with Gasteiger partial charge in [0.05, 0.1) is 20.3 Å². The first-order valence-corrected chi connectivity index (χ1v) is 9.92. The Bertz CT molecular complexity index is 1040. The van der Waals surface area contributed by atoms with E-state index >= 15 is 0 Å². The van der Waals surface area contributed by atoms with Gasteiger partial charge in [-0.15, -0.1) is 0 Å². The fourth-order valence-electron chi connectivity index (χ4n) is 3.79. The third kappa shape index (κ3) is 3.75. The molecule has 0 saturated carbocycles. The number of ether oxygens (including phenoxy) is 2. The van der Waals surface area contributed by atoms with Crippen LogP contribution in [0.3, 0.4) is 0 Å². The summed E-state index contributed by atoms with van der Waals surface area (Å²) in [4.78, 5) is 19.2. The van der Waals surface area contributed by atoms with Crippen molar-refractivity contribution in [2.45, 2.75) is 32.2 Å². The number of benzene rings is 2. The summed E-state index contributed by atoms with van der Waals surface area (Å²) in [5.74, 6) is 2.33. The fourth-order valence-corrected chi connectivity index (χ4v) is 3.79. The van der Waals surface area contributed by atoms with Gasteiger partial charge >= 0.3 is 0 Å². The predicted octanol–water partition coefficient (Wildman–Crippen LogP) is 4.14. The third-order valence-corrected chi connectivity index (χ3v) is 5.62. The maximum Gasteiger partial charge on any atom is 0.257 e. The summed E-state index contributed by atoms with van der Waals surface area (Å²) in [6.07, 6.45) is 0.366. The van der Waals surface area contributed by atoms with Crippen molar-refractivity contribution in [2.24, 2.45) is 0 Å². The molecule has 1 amide bonds. The third-order valence-electron chi connectivity index (χ3n) is 5.62. The van der Waals surface area contributed by atoms with Gasteiger partial charge in [0, 0.05) is 24.4 Å². The molecule has 7 heteroatoms. The number of aromatic nitrogens is 2. The number of hydrogen-bond donors (Lipinski definition) is 0. The first-order valence-electron chi connectivity index (χ1n) is 9.92. The normalized spacial score (nSPS) is 17.3. The number of likely N-dealkylation sites (tertiary alicyclic amines) is 1. The van der Waals surface area contributed by atoms with Crippen molar-refractivity contribution in [1.82, 2.24) is 15.0 Å². The minimum Gasteiger partial charge on any atom is -0.493 e. The number of methoxy groups -OCH3 is 2. The molecule has 0 aliphatic carbocycles. The number of rotatable bonds is 6. The Hall–Kier alpha value is -3.35. The molecular weight excluding hydrogens is 382 g/mol. The molecule has 0 radical (unpaired) electrons. The molecule has 7 nitrogen and oxygen atoms in total. The van der Waals surface area contributed by atoms with E-state index in [9.17, 15) is 4.79 Å². The smallest absolute Gasteiger partial charge is 0.257 e. The molecule has 2 heterocycles. The van der Waals surface area contributed by atoms with E-state index in [2.05, 4.69) is 10.1 Å². The number of carbonyl (C=O) groups excluding carboxylic acids is 1. The molecule has 2 atom stereocenters. The van der Waals surface area contributed by atoms with Gasteiger partial charge in [-0.05, 0) is 43.7 Å². The van der Waals surface area contributed by atoms with Crippen LogP contribution in [-0.2, 0) is 4.79 Å². The molecule has 30 heavy (non-hydrogen) atoms. The molecule has 1 saturated heterocycles. The Morgan fingerprint density at radius 1 is 1.10 bits per heavy atom. The largest absolute Gasteiger partial charge is 0.493 e. The second-order valence-corrected chi connectivity index (χ2v) is 7.56. The van der Waals surface area contributed by atoms with Gasteiger partial charge in [-0.25, -0.2) is 0 Å². The molecule has 3 aromatic rings. The molecule has 1 aliphatic rings. The van der Waals surface area contributed by atoms with Crippen LogP contribution in [0, 0.1) is 6.92 Å². The van der Waals surface area contributed by atoms with E-state index in [-0.39, 0.29) is 17.9 Å². The van der Waals surface area contributed by atoms with Gasteiger partial charge < -0.3 is 18.9 Å². The van der Waals surface area contributed by atoms with E-state index < -0.39 is 0 Å². The summed E-state index contributed by atoms with van der Waals surface area (Å²) in [6.45, 7) is 4.58. The SMILES string of the molecule is COc1ccc(C(C)N2CC(c3noc(-c4ccc(C)cc4)n3)CC2=O)cc1OC. The second kappa shape index (κ2) is 8.18. The molecule has 156 valence electrons. The number of amides is 1. The van der Waals surface area contributed by atoms with E-state index in [1.165, 1.54) is 5.56 Å². The molecular formula is C23H25N3O4. The molecule has 0 bridgehead atoms. The van der Waals surface area contributed by atoms with Crippen molar-refractivity contribution < 1.29 is 18.8 Å². The number of carbonyl (C=O) groups is 1. The fraction of sp³-hybridized carbons (Fsp3) is 0.348. The summed E-state index contributed by atoms with van der Waals surface area (Å²) >= 11 is 0. The van der Waals surface area contributed by atoms with Gasteiger partial charge in [-0.1, -0.05) is 28.9 Å². The second-order valence-electron chi connectivity index (χ2n) is 7.56. The van der Waals surface area contributed by atoms with Crippen molar-refractivity contribution in [1.29, 1.82) is 0 Å². The highest BCUT2D eigenvalue weighted by Crippen LogP contribution is 2.36. The zero-order valence-electron chi connectivity index (χ0n) is 17.6. The van der Waals surface area contributed by atoms with Crippen LogP contribution in [0.5, 0.6) is 11.5 Å².